The molecule has 7 heteroatoms. The number of hydrogen-bond donors (Lipinski definition) is 2. The van der Waals surface area contributed by atoms with Gasteiger partial charge in [-0.25, -0.2) is 0 Å². The van der Waals surface area contributed by atoms with Crippen molar-refractivity contribution in [3.05, 3.63) is 12.7 Å². The van der Waals surface area contributed by atoms with Crippen molar-refractivity contribution in [1.29, 1.82) is 0 Å². The number of rotatable bonds is 5. The quantitative estimate of drug-likeness (QED) is 0.522. The molecule has 0 bridgehead atoms. The lowest BCUT2D eigenvalue weighted by molar-refractivity contribution is -0.136. The number of amides is 2. The minimum atomic E-state index is -0.512. The lowest BCUT2D eigenvalue weighted by Crippen LogP contribution is -2.55. The van der Waals surface area contributed by atoms with Crippen molar-refractivity contribution in [2.24, 2.45) is 17.8 Å². The minimum absolute atomic E-state index is 0.0137. The van der Waals surface area contributed by atoms with Crippen LogP contribution < -0.4 is 5.32 Å². The van der Waals surface area contributed by atoms with Crippen molar-refractivity contribution in [2.45, 2.75) is 63.0 Å². The van der Waals surface area contributed by atoms with Gasteiger partial charge in [0, 0.05) is 37.6 Å². The molecule has 0 aromatic carbocycles. The molecule has 0 radical (unpaired) electrons. The summed E-state index contributed by atoms with van der Waals surface area (Å²) >= 11 is 6.67. The molecule has 0 aromatic rings. The van der Waals surface area contributed by atoms with E-state index in [-0.39, 0.29) is 29.8 Å². The molecule has 1 saturated heterocycles. The number of nitrogens with one attached hydrogen (secondary N) is 1. The lowest BCUT2D eigenvalue weighted by Gasteiger charge is -2.44. The summed E-state index contributed by atoms with van der Waals surface area (Å²) in [7, 11) is 0. The maximum Gasteiger partial charge on any atom is 0.246 e. The fourth-order valence-corrected chi connectivity index (χ4v) is 5.92. The summed E-state index contributed by atoms with van der Waals surface area (Å²) in [5, 5.41) is 13.9. The number of piperazine rings is 1. The fraction of sp³-hybridized carbons (Fsp3) is 0.818. The lowest BCUT2D eigenvalue weighted by atomic mass is 9.67. The summed E-state index contributed by atoms with van der Waals surface area (Å²) < 4.78 is 0. The SMILES string of the molecule is C=CC(=O)N1CCN(C(=O)CNC2CC(C3CCCCC3C)C(Cl)CC2O)CC1. The summed E-state index contributed by atoms with van der Waals surface area (Å²) in [5.41, 5.74) is 0. The average molecular weight is 426 g/mol. The van der Waals surface area contributed by atoms with Crippen molar-refractivity contribution >= 4 is 23.4 Å². The van der Waals surface area contributed by atoms with E-state index in [9.17, 15) is 14.7 Å². The van der Waals surface area contributed by atoms with Gasteiger partial charge in [-0.15, -0.1) is 11.6 Å². The van der Waals surface area contributed by atoms with E-state index >= 15 is 0 Å². The van der Waals surface area contributed by atoms with Crippen LogP contribution in [0.1, 0.15) is 45.4 Å². The largest absolute Gasteiger partial charge is 0.391 e. The van der Waals surface area contributed by atoms with Gasteiger partial charge in [0.15, 0.2) is 0 Å². The summed E-state index contributed by atoms with van der Waals surface area (Å²) in [6.07, 6.45) is 7.30. The molecule has 0 aromatic heterocycles. The smallest absolute Gasteiger partial charge is 0.246 e. The highest BCUT2D eigenvalue weighted by molar-refractivity contribution is 6.20. The van der Waals surface area contributed by atoms with Crippen molar-refractivity contribution < 1.29 is 14.7 Å². The molecule has 3 rings (SSSR count). The Bertz CT molecular complexity index is 594. The molecule has 29 heavy (non-hydrogen) atoms. The van der Waals surface area contributed by atoms with Crippen molar-refractivity contribution in [2.75, 3.05) is 32.7 Å². The Morgan fingerprint density at radius 1 is 1.10 bits per heavy atom. The molecule has 2 amide bonds. The van der Waals surface area contributed by atoms with E-state index in [1.807, 2.05) is 0 Å². The third-order valence-electron chi connectivity index (χ3n) is 7.28. The molecule has 3 fully saturated rings. The Morgan fingerprint density at radius 3 is 2.41 bits per heavy atom. The van der Waals surface area contributed by atoms with Gasteiger partial charge in [0.05, 0.1) is 12.6 Å². The molecular formula is C22H36ClN3O3. The zero-order chi connectivity index (χ0) is 21.0. The van der Waals surface area contributed by atoms with Crippen molar-refractivity contribution in [3.63, 3.8) is 0 Å². The topological polar surface area (TPSA) is 72.9 Å². The van der Waals surface area contributed by atoms with Crippen LogP contribution in [0.5, 0.6) is 0 Å². The summed E-state index contributed by atoms with van der Waals surface area (Å²) in [6, 6.07) is -0.0864. The van der Waals surface area contributed by atoms with E-state index in [1.165, 1.54) is 31.8 Å². The molecule has 1 aliphatic heterocycles. The number of aliphatic hydroxyl groups is 1. The van der Waals surface area contributed by atoms with Gasteiger partial charge in [-0.05, 0) is 43.1 Å². The number of hydrogen-bond acceptors (Lipinski definition) is 4. The monoisotopic (exact) mass is 425 g/mol. The van der Waals surface area contributed by atoms with E-state index in [0.717, 1.165) is 6.42 Å². The molecule has 2 N–H and O–H groups in total. The summed E-state index contributed by atoms with van der Waals surface area (Å²) in [5.74, 6) is 1.64. The van der Waals surface area contributed by atoms with E-state index in [1.54, 1.807) is 9.80 Å². The molecule has 164 valence electrons. The molecule has 1 heterocycles. The normalized spacial score (nSPS) is 36.0. The first-order valence-corrected chi connectivity index (χ1v) is 11.6. The van der Waals surface area contributed by atoms with Crippen molar-refractivity contribution in [3.8, 4) is 0 Å². The molecule has 6 atom stereocenters. The van der Waals surface area contributed by atoms with Gasteiger partial charge in [0.1, 0.15) is 0 Å². The molecule has 6 nitrogen and oxygen atoms in total. The van der Waals surface area contributed by atoms with E-state index < -0.39 is 6.10 Å². The van der Waals surface area contributed by atoms with Crippen LogP contribution in [0, 0.1) is 17.8 Å². The zero-order valence-corrected chi connectivity index (χ0v) is 18.3. The molecule has 2 saturated carbocycles. The first-order chi connectivity index (χ1) is 13.9. The third-order valence-corrected chi connectivity index (χ3v) is 7.79. The number of halogens is 1. The Kier molecular flexibility index (Phi) is 7.99. The second kappa shape index (κ2) is 10.3. The van der Waals surface area contributed by atoms with Gasteiger partial charge < -0.3 is 20.2 Å². The van der Waals surface area contributed by atoms with Gasteiger partial charge in [-0.1, -0.05) is 32.8 Å². The number of aliphatic hydroxyl groups excluding tert-OH is 1. The average Bonchev–Trinajstić information content (AvgIpc) is 2.73. The van der Waals surface area contributed by atoms with E-state index in [2.05, 4.69) is 18.8 Å². The minimum Gasteiger partial charge on any atom is -0.391 e. The molecule has 0 spiro atoms. The zero-order valence-electron chi connectivity index (χ0n) is 17.6. The second-order valence-corrected chi connectivity index (χ2v) is 9.60. The predicted molar refractivity (Wildman–Crippen MR) is 115 cm³/mol. The second-order valence-electron chi connectivity index (χ2n) is 9.04. The van der Waals surface area contributed by atoms with Crippen LogP contribution in [0.2, 0.25) is 0 Å². The number of nitrogens with zero attached hydrogens (tertiary/aromatic N) is 2. The number of carbonyl (C=O) groups excluding carboxylic acids is 2. The highest BCUT2D eigenvalue weighted by Gasteiger charge is 2.41. The molecular weight excluding hydrogens is 390 g/mol. The Hall–Kier alpha value is -1.11. The van der Waals surface area contributed by atoms with Crippen LogP contribution in [0.15, 0.2) is 12.7 Å². The van der Waals surface area contributed by atoms with E-state index in [0.29, 0.717) is 50.4 Å². The van der Waals surface area contributed by atoms with Gasteiger partial charge in [-0.2, -0.15) is 0 Å². The third kappa shape index (κ3) is 5.53. The Labute approximate surface area is 179 Å². The summed E-state index contributed by atoms with van der Waals surface area (Å²) in [6.45, 7) is 8.23. The maximum absolute atomic E-state index is 12.6. The Balaban J connectivity index is 1.49. The van der Waals surface area contributed by atoms with Crippen LogP contribution in [0.25, 0.3) is 0 Å². The van der Waals surface area contributed by atoms with Gasteiger partial charge in [-0.3, -0.25) is 9.59 Å². The van der Waals surface area contributed by atoms with Crippen LogP contribution in [-0.2, 0) is 9.59 Å². The van der Waals surface area contributed by atoms with Gasteiger partial charge in [0.25, 0.3) is 0 Å². The molecule has 6 unspecified atom stereocenters. The predicted octanol–water partition coefficient (Wildman–Crippen LogP) is 2.01. The van der Waals surface area contributed by atoms with Gasteiger partial charge in [0.2, 0.25) is 11.8 Å². The van der Waals surface area contributed by atoms with E-state index in [4.69, 9.17) is 11.6 Å². The van der Waals surface area contributed by atoms with Crippen LogP contribution in [-0.4, -0.2) is 77.0 Å². The molecule has 3 aliphatic rings. The van der Waals surface area contributed by atoms with Crippen molar-refractivity contribution in [1.82, 2.24) is 15.1 Å². The standard InChI is InChI=1S/C22H36ClN3O3/c1-3-21(28)25-8-10-26(11-9-25)22(29)14-24-19-12-17(18(23)13-20(19)27)16-7-5-4-6-15(16)2/h3,15-20,24,27H,1,4-14H2,2H3. The highest BCUT2D eigenvalue weighted by Crippen LogP contribution is 2.43. The van der Waals surface area contributed by atoms with Crippen LogP contribution >= 0.6 is 11.6 Å². The fourth-order valence-electron chi connectivity index (χ4n) is 5.45. The maximum atomic E-state index is 12.6. The van der Waals surface area contributed by atoms with Crippen LogP contribution in [0.3, 0.4) is 0 Å². The number of carbonyl (C=O) groups is 2. The summed E-state index contributed by atoms with van der Waals surface area (Å²) in [4.78, 5) is 27.8. The van der Waals surface area contributed by atoms with Gasteiger partial charge >= 0.3 is 0 Å². The Morgan fingerprint density at radius 2 is 1.76 bits per heavy atom. The number of alkyl halides is 1. The molecule has 2 aliphatic carbocycles. The van der Waals surface area contributed by atoms with Crippen LogP contribution in [0.4, 0.5) is 0 Å². The highest BCUT2D eigenvalue weighted by atomic mass is 35.5. The first-order valence-electron chi connectivity index (χ1n) is 11.1. The first kappa shape index (κ1) is 22.6.